The summed E-state index contributed by atoms with van der Waals surface area (Å²) in [6.07, 6.45) is 3.43. The van der Waals surface area contributed by atoms with Crippen LogP contribution in [-0.2, 0) is 13.5 Å². The minimum Gasteiger partial charge on any atom is -0.382 e. The zero-order valence-electron chi connectivity index (χ0n) is 10.3. The molecule has 0 aliphatic heterocycles. The Morgan fingerprint density at radius 1 is 1.24 bits per heavy atom. The Hall–Kier alpha value is -1.61. The topological polar surface area (TPSA) is 38.0 Å². The molecule has 2 aromatic rings. The van der Waals surface area contributed by atoms with Crippen molar-refractivity contribution in [2.75, 3.05) is 0 Å². The van der Waals surface area contributed by atoms with E-state index in [1.165, 1.54) is 5.56 Å². The van der Waals surface area contributed by atoms with Crippen LogP contribution in [0.15, 0.2) is 36.5 Å². The molecule has 1 aromatic heterocycles. The normalized spacial score (nSPS) is 12.6. The Bertz CT molecular complexity index is 473. The minimum absolute atomic E-state index is 0.633. The van der Waals surface area contributed by atoms with Crippen LogP contribution in [0.4, 0.5) is 0 Å². The zero-order chi connectivity index (χ0) is 12.3. The fourth-order valence-corrected chi connectivity index (χ4v) is 1.90. The molecule has 90 valence electrons. The summed E-state index contributed by atoms with van der Waals surface area (Å²) in [6.45, 7) is 2.16. The maximum atomic E-state index is 10.2. The standard InChI is InChI=1S/C14H18N2O/c1-3-4-11-5-7-12(8-6-11)14(17)13-9-10-16(2)15-13/h5-10,14,17H,3-4H2,1-2H3. The van der Waals surface area contributed by atoms with E-state index in [2.05, 4.69) is 24.2 Å². The molecule has 1 atom stereocenters. The van der Waals surface area contributed by atoms with Crippen LogP contribution in [0.25, 0.3) is 0 Å². The lowest BCUT2D eigenvalue weighted by Crippen LogP contribution is -2.02. The van der Waals surface area contributed by atoms with Gasteiger partial charge in [-0.25, -0.2) is 0 Å². The average Bonchev–Trinajstić information content (AvgIpc) is 2.76. The van der Waals surface area contributed by atoms with Crippen LogP contribution in [0.3, 0.4) is 0 Å². The lowest BCUT2D eigenvalue weighted by atomic mass is 10.0. The number of nitrogens with zero attached hydrogens (tertiary/aromatic N) is 2. The molecule has 3 heteroatoms. The number of rotatable bonds is 4. The number of aliphatic hydroxyl groups excluding tert-OH is 1. The predicted molar refractivity (Wildman–Crippen MR) is 67.7 cm³/mol. The first-order valence-electron chi connectivity index (χ1n) is 5.97. The molecule has 1 heterocycles. The van der Waals surface area contributed by atoms with Gasteiger partial charge in [0, 0.05) is 13.2 Å². The first-order chi connectivity index (χ1) is 8.20. The first kappa shape index (κ1) is 11.9. The SMILES string of the molecule is CCCc1ccc(C(O)c2ccn(C)n2)cc1. The molecule has 0 amide bonds. The lowest BCUT2D eigenvalue weighted by Gasteiger charge is -2.09. The van der Waals surface area contributed by atoms with E-state index in [4.69, 9.17) is 0 Å². The van der Waals surface area contributed by atoms with Gasteiger partial charge in [-0.2, -0.15) is 5.10 Å². The van der Waals surface area contributed by atoms with Crippen LogP contribution in [0.1, 0.15) is 36.3 Å². The number of benzene rings is 1. The fraction of sp³-hybridized carbons (Fsp3) is 0.357. The molecule has 0 saturated heterocycles. The number of aryl methyl sites for hydroxylation is 2. The van der Waals surface area contributed by atoms with Crippen molar-refractivity contribution in [3.8, 4) is 0 Å². The third-order valence-corrected chi connectivity index (χ3v) is 2.85. The lowest BCUT2D eigenvalue weighted by molar-refractivity contribution is 0.214. The molecule has 0 radical (unpaired) electrons. The van der Waals surface area contributed by atoms with Gasteiger partial charge in [0.2, 0.25) is 0 Å². The molecule has 0 fully saturated rings. The fourth-order valence-electron chi connectivity index (χ4n) is 1.90. The Morgan fingerprint density at radius 3 is 2.47 bits per heavy atom. The highest BCUT2D eigenvalue weighted by Crippen LogP contribution is 2.20. The van der Waals surface area contributed by atoms with Gasteiger partial charge < -0.3 is 5.11 Å². The third-order valence-electron chi connectivity index (χ3n) is 2.85. The molecule has 3 nitrogen and oxygen atoms in total. The van der Waals surface area contributed by atoms with Gasteiger partial charge in [0.1, 0.15) is 6.10 Å². The van der Waals surface area contributed by atoms with Crippen molar-refractivity contribution in [1.82, 2.24) is 9.78 Å². The Balaban J connectivity index is 2.16. The van der Waals surface area contributed by atoms with Gasteiger partial charge in [-0.05, 0) is 23.6 Å². The van der Waals surface area contributed by atoms with Gasteiger partial charge >= 0.3 is 0 Å². The Kier molecular flexibility index (Phi) is 3.59. The summed E-state index contributed by atoms with van der Waals surface area (Å²) in [6, 6.07) is 9.94. The van der Waals surface area contributed by atoms with Crippen LogP contribution in [0.2, 0.25) is 0 Å². The van der Waals surface area contributed by atoms with Gasteiger partial charge in [-0.15, -0.1) is 0 Å². The van der Waals surface area contributed by atoms with Crippen molar-refractivity contribution in [2.24, 2.45) is 7.05 Å². The van der Waals surface area contributed by atoms with E-state index in [-0.39, 0.29) is 0 Å². The van der Waals surface area contributed by atoms with E-state index < -0.39 is 6.10 Å². The summed E-state index contributed by atoms with van der Waals surface area (Å²) in [5.41, 5.74) is 2.89. The van der Waals surface area contributed by atoms with E-state index in [1.807, 2.05) is 31.4 Å². The molecular formula is C14H18N2O. The summed E-state index contributed by atoms with van der Waals surface area (Å²) in [5.74, 6) is 0. The largest absolute Gasteiger partial charge is 0.382 e. The Morgan fingerprint density at radius 2 is 1.94 bits per heavy atom. The van der Waals surface area contributed by atoms with Crippen LogP contribution in [0.5, 0.6) is 0 Å². The quantitative estimate of drug-likeness (QED) is 0.876. The molecule has 0 bridgehead atoms. The van der Waals surface area contributed by atoms with Crippen molar-refractivity contribution in [1.29, 1.82) is 0 Å². The molecule has 1 aromatic carbocycles. The average molecular weight is 230 g/mol. The molecule has 1 N–H and O–H groups in total. The molecule has 0 saturated carbocycles. The molecule has 0 aliphatic rings. The molecule has 1 unspecified atom stereocenters. The summed E-state index contributed by atoms with van der Waals surface area (Å²) in [7, 11) is 1.85. The summed E-state index contributed by atoms with van der Waals surface area (Å²) in [5, 5.41) is 14.4. The number of aliphatic hydroxyl groups is 1. The van der Waals surface area contributed by atoms with Crippen LogP contribution < -0.4 is 0 Å². The highest BCUT2D eigenvalue weighted by atomic mass is 16.3. The number of hydrogen-bond donors (Lipinski definition) is 1. The van der Waals surface area contributed by atoms with Crippen LogP contribution in [-0.4, -0.2) is 14.9 Å². The second kappa shape index (κ2) is 5.15. The van der Waals surface area contributed by atoms with Gasteiger partial charge in [-0.3, -0.25) is 4.68 Å². The zero-order valence-corrected chi connectivity index (χ0v) is 10.3. The van der Waals surface area contributed by atoms with E-state index in [9.17, 15) is 5.11 Å². The maximum absolute atomic E-state index is 10.2. The van der Waals surface area contributed by atoms with E-state index in [1.54, 1.807) is 4.68 Å². The molecule has 17 heavy (non-hydrogen) atoms. The van der Waals surface area contributed by atoms with Gasteiger partial charge in [0.05, 0.1) is 5.69 Å². The molecule has 0 aliphatic carbocycles. The van der Waals surface area contributed by atoms with Gasteiger partial charge in [0.25, 0.3) is 0 Å². The van der Waals surface area contributed by atoms with Crippen molar-refractivity contribution >= 4 is 0 Å². The summed E-state index contributed by atoms with van der Waals surface area (Å²) < 4.78 is 1.70. The number of hydrogen-bond acceptors (Lipinski definition) is 2. The highest BCUT2D eigenvalue weighted by Gasteiger charge is 2.12. The van der Waals surface area contributed by atoms with Crippen molar-refractivity contribution in [2.45, 2.75) is 25.9 Å². The third kappa shape index (κ3) is 2.74. The monoisotopic (exact) mass is 230 g/mol. The van der Waals surface area contributed by atoms with Crippen LogP contribution in [0, 0.1) is 0 Å². The second-order valence-corrected chi connectivity index (χ2v) is 4.31. The highest BCUT2D eigenvalue weighted by molar-refractivity contribution is 5.28. The van der Waals surface area contributed by atoms with Crippen molar-refractivity contribution < 1.29 is 5.11 Å². The van der Waals surface area contributed by atoms with Crippen molar-refractivity contribution in [3.05, 3.63) is 53.3 Å². The van der Waals surface area contributed by atoms with E-state index in [0.717, 1.165) is 18.4 Å². The van der Waals surface area contributed by atoms with Gasteiger partial charge in [0.15, 0.2) is 0 Å². The van der Waals surface area contributed by atoms with Crippen LogP contribution >= 0.6 is 0 Å². The van der Waals surface area contributed by atoms with E-state index >= 15 is 0 Å². The van der Waals surface area contributed by atoms with Gasteiger partial charge in [-0.1, -0.05) is 37.6 Å². The summed E-state index contributed by atoms with van der Waals surface area (Å²) >= 11 is 0. The smallest absolute Gasteiger partial charge is 0.123 e. The van der Waals surface area contributed by atoms with Crippen molar-refractivity contribution in [3.63, 3.8) is 0 Å². The second-order valence-electron chi connectivity index (χ2n) is 4.31. The summed E-state index contributed by atoms with van der Waals surface area (Å²) in [4.78, 5) is 0. The Labute approximate surface area is 102 Å². The molecule has 0 spiro atoms. The minimum atomic E-state index is -0.633. The molecular weight excluding hydrogens is 212 g/mol. The van der Waals surface area contributed by atoms with E-state index in [0.29, 0.717) is 5.69 Å². The number of aromatic nitrogens is 2. The predicted octanol–water partition coefficient (Wildman–Crippen LogP) is 2.45. The molecule has 2 rings (SSSR count). The first-order valence-corrected chi connectivity index (χ1v) is 5.97. The maximum Gasteiger partial charge on any atom is 0.123 e.